The number of nitrogens with zero attached hydrogens (tertiary/aromatic N) is 1. The van der Waals surface area contributed by atoms with Gasteiger partial charge in [-0.25, -0.2) is 9.59 Å². The standard InChI is InChI=1S/C9H8ClNO2.C9H9ClO3/c1-6-3-4-7(11-5-12)9(13-2)8(6)10;1-5-3-4-6(9(11)12)8(13-2)7(5)10/h3-4H,1-2H3;3-4H,1-2H3,(H,11,12). The number of hydrogen-bond donors (Lipinski definition) is 1. The molecular weight excluding hydrogens is 381 g/mol. The summed E-state index contributed by atoms with van der Waals surface area (Å²) >= 11 is 11.8. The lowest BCUT2D eigenvalue weighted by Crippen LogP contribution is -2.01. The van der Waals surface area contributed by atoms with Crippen molar-refractivity contribution >= 4 is 40.9 Å². The Morgan fingerprint density at radius 3 is 1.96 bits per heavy atom. The van der Waals surface area contributed by atoms with Gasteiger partial charge in [-0.3, -0.25) is 0 Å². The van der Waals surface area contributed by atoms with Crippen molar-refractivity contribution in [3.63, 3.8) is 0 Å². The van der Waals surface area contributed by atoms with Crippen LogP contribution in [0.5, 0.6) is 11.5 Å². The minimum absolute atomic E-state index is 0.0816. The first-order valence-corrected chi connectivity index (χ1v) is 8.01. The quantitative estimate of drug-likeness (QED) is 0.580. The molecule has 1 N–H and O–H groups in total. The van der Waals surface area contributed by atoms with E-state index in [0.717, 1.165) is 11.1 Å². The highest BCUT2D eigenvalue weighted by Crippen LogP contribution is 2.36. The molecule has 0 aliphatic carbocycles. The van der Waals surface area contributed by atoms with Crippen molar-refractivity contribution < 1.29 is 24.2 Å². The highest BCUT2D eigenvalue weighted by molar-refractivity contribution is 6.33. The van der Waals surface area contributed by atoms with E-state index in [2.05, 4.69) is 4.99 Å². The van der Waals surface area contributed by atoms with Gasteiger partial charge in [0.25, 0.3) is 0 Å². The summed E-state index contributed by atoms with van der Waals surface area (Å²) in [6, 6.07) is 6.54. The molecule has 138 valence electrons. The van der Waals surface area contributed by atoms with E-state index in [-0.39, 0.29) is 11.3 Å². The maximum absolute atomic E-state index is 10.7. The first-order chi connectivity index (χ1) is 12.3. The number of carboxylic acids is 1. The summed E-state index contributed by atoms with van der Waals surface area (Å²) in [5, 5.41) is 9.59. The molecule has 8 heteroatoms. The molecule has 0 aliphatic rings. The molecule has 2 aromatic carbocycles. The number of methoxy groups -OCH3 is 2. The molecule has 2 rings (SSSR count). The monoisotopic (exact) mass is 397 g/mol. The van der Waals surface area contributed by atoms with Crippen LogP contribution in [0.2, 0.25) is 10.0 Å². The van der Waals surface area contributed by atoms with Gasteiger partial charge in [-0.1, -0.05) is 35.3 Å². The molecule has 0 amide bonds. The Hall–Kier alpha value is -2.53. The van der Waals surface area contributed by atoms with Gasteiger partial charge in [0.1, 0.15) is 11.3 Å². The van der Waals surface area contributed by atoms with Crippen LogP contribution in [0.3, 0.4) is 0 Å². The summed E-state index contributed by atoms with van der Waals surface area (Å²) in [5.41, 5.74) is 2.15. The molecule has 0 bridgehead atoms. The Balaban J connectivity index is 0.000000260. The van der Waals surface area contributed by atoms with E-state index in [0.29, 0.717) is 21.5 Å². The van der Waals surface area contributed by atoms with Gasteiger partial charge in [0.05, 0.1) is 24.3 Å². The number of rotatable bonds is 4. The molecule has 0 saturated carbocycles. The zero-order valence-electron chi connectivity index (χ0n) is 14.6. The van der Waals surface area contributed by atoms with Crippen LogP contribution in [0.15, 0.2) is 29.3 Å². The van der Waals surface area contributed by atoms with Crippen LogP contribution >= 0.6 is 23.2 Å². The van der Waals surface area contributed by atoms with Crippen molar-refractivity contribution in [2.45, 2.75) is 13.8 Å². The maximum atomic E-state index is 10.7. The summed E-state index contributed by atoms with van der Waals surface area (Å²) in [7, 11) is 2.87. The first kappa shape index (κ1) is 21.5. The van der Waals surface area contributed by atoms with E-state index < -0.39 is 5.97 Å². The first-order valence-electron chi connectivity index (χ1n) is 7.25. The number of aromatic carboxylic acids is 1. The van der Waals surface area contributed by atoms with E-state index in [9.17, 15) is 9.59 Å². The zero-order chi connectivity index (χ0) is 19.9. The van der Waals surface area contributed by atoms with Gasteiger partial charge >= 0.3 is 5.97 Å². The number of ether oxygens (including phenoxy) is 2. The lowest BCUT2D eigenvalue weighted by atomic mass is 10.1. The van der Waals surface area contributed by atoms with Crippen LogP contribution in [-0.4, -0.2) is 31.4 Å². The molecule has 0 heterocycles. The Morgan fingerprint density at radius 1 is 1.00 bits per heavy atom. The van der Waals surface area contributed by atoms with E-state index in [4.69, 9.17) is 37.8 Å². The number of carboxylic acid groups (broad SMARTS) is 1. The van der Waals surface area contributed by atoms with Gasteiger partial charge in [0.15, 0.2) is 11.5 Å². The summed E-state index contributed by atoms with van der Waals surface area (Å²) in [5.74, 6) is -0.419. The minimum atomic E-state index is -1.04. The molecule has 0 aromatic heterocycles. The number of carbonyl (C=O) groups is 1. The summed E-state index contributed by atoms with van der Waals surface area (Å²) in [6.07, 6.45) is 1.44. The largest absolute Gasteiger partial charge is 0.494 e. The van der Waals surface area contributed by atoms with Gasteiger partial charge in [0.2, 0.25) is 6.08 Å². The van der Waals surface area contributed by atoms with Crippen LogP contribution < -0.4 is 9.47 Å². The normalized spacial score (nSPS) is 9.46. The van der Waals surface area contributed by atoms with E-state index >= 15 is 0 Å². The van der Waals surface area contributed by atoms with Gasteiger partial charge in [-0.2, -0.15) is 4.99 Å². The summed E-state index contributed by atoms with van der Waals surface area (Å²) < 4.78 is 9.91. The summed E-state index contributed by atoms with van der Waals surface area (Å²) in [6.45, 7) is 3.63. The molecule has 0 spiro atoms. The SMILES string of the molecule is COc1c(C(=O)O)ccc(C)c1Cl.COc1c(N=C=O)ccc(C)c1Cl. The topological polar surface area (TPSA) is 85.2 Å². The third-order valence-electron chi connectivity index (χ3n) is 3.36. The molecule has 0 aliphatic heterocycles. The van der Waals surface area contributed by atoms with Gasteiger partial charge in [-0.05, 0) is 37.1 Å². The van der Waals surface area contributed by atoms with Crippen LogP contribution in [0, 0.1) is 13.8 Å². The van der Waals surface area contributed by atoms with Crippen molar-refractivity contribution in [3.05, 3.63) is 51.0 Å². The average molecular weight is 398 g/mol. The molecule has 0 saturated heterocycles. The van der Waals surface area contributed by atoms with Crippen molar-refractivity contribution in [2.24, 2.45) is 4.99 Å². The molecule has 6 nitrogen and oxygen atoms in total. The lowest BCUT2D eigenvalue weighted by molar-refractivity contribution is 0.0693. The number of carbonyl (C=O) groups excluding carboxylic acids is 1. The van der Waals surface area contributed by atoms with Crippen molar-refractivity contribution in [2.75, 3.05) is 14.2 Å². The van der Waals surface area contributed by atoms with E-state index in [1.165, 1.54) is 26.4 Å². The number of benzene rings is 2. The highest BCUT2D eigenvalue weighted by Gasteiger charge is 2.15. The molecule has 0 radical (unpaired) electrons. The molecule has 2 aromatic rings. The van der Waals surface area contributed by atoms with E-state index in [1.54, 1.807) is 25.1 Å². The number of aryl methyl sites for hydroxylation is 2. The minimum Gasteiger partial charge on any atom is -0.494 e. The lowest BCUT2D eigenvalue weighted by Gasteiger charge is -2.08. The van der Waals surface area contributed by atoms with Crippen LogP contribution in [0.1, 0.15) is 21.5 Å². The second-order valence-electron chi connectivity index (χ2n) is 5.03. The number of halogens is 2. The third kappa shape index (κ3) is 4.99. The Kier molecular flexibility index (Phi) is 8.13. The smallest absolute Gasteiger partial charge is 0.339 e. The maximum Gasteiger partial charge on any atom is 0.339 e. The Labute approximate surface area is 161 Å². The molecule has 0 fully saturated rings. The van der Waals surface area contributed by atoms with Gasteiger partial charge < -0.3 is 14.6 Å². The number of isocyanates is 1. The predicted octanol–water partition coefficient (Wildman–Crippen LogP) is 4.98. The van der Waals surface area contributed by atoms with Crippen molar-refractivity contribution in [1.29, 1.82) is 0 Å². The van der Waals surface area contributed by atoms with Crippen molar-refractivity contribution in [3.8, 4) is 11.5 Å². The zero-order valence-corrected chi connectivity index (χ0v) is 16.1. The second kappa shape index (κ2) is 9.82. The fraction of sp³-hybridized carbons (Fsp3) is 0.222. The molecular formula is C18H17Cl2NO5. The van der Waals surface area contributed by atoms with Crippen LogP contribution in [0.25, 0.3) is 0 Å². The molecule has 26 heavy (non-hydrogen) atoms. The highest BCUT2D eigenvalue weighted by atomic mass is 35.5. The molecule has 0 atom stereocenters. The number of aliphatic imine (C=N–C) groups is 1. The fourth-order valence-corrected chi connectivity index (χ4v) is 2.48. The van der Waals surface area contributed by atoms with Gasteiger partial charge in [-0.15, -0.1) is 0 Å². The summed E-state index contributed by atoms with van der Waals surface area (Å²) in [4.78, 5) is 24.2. The predicted molar refractivity (Wildman–Crippen MR) is 100 cm³/mol. The molecule has 0 unspecified atom stereocenters. The Bertz CT molecular complexity index is 804. The van der Waals surface area contributed by atoms with Crippen LogP contribution in [-0.2, 0) is 4.79 Å². The third-order valence-corrected chi connectivity index (χ3v) is 4.30. The fourth-order valence-electron chi connectivity index (χ4n) is 2.00. The Morgan fingerprint density at radius 2 is 1.50 bits per heavy atom. The van der Waals surface area contributed by atoms with Crippen LogP contribution in [0.4, 0.5) is 5.69 Å². The average Bonchev–Trinajstić information content (AvgIpc) is 2.61. The van der Waals surface area contributed by atoms with E-state index in [1.807, 2.05) is 6.92 Å². The second-order valence-corrected chi connectivity index (χ2v) is 5.79. The van der Waals surface area contributed by atoms with Crippen molar-refractivity contribution in [1.82, 2.24) is 0 Å². The number of hydrogen-bond acceptors (Lipinski definition) is 5. The van der Waals surface area contributed by atoms with Gasteiger partial charge in [0, 0.05) is 0 Å².